The Kier molecular flexibility index (Phi) is 5.19. The van der Waals surface area contributed by atoms with Crippen LogP contribution in [0.1, 0.15) is 41.1 Å². The summed E-state index contributed by atoms with van der Waals surface area (Å²) in [5.74, 6) is 0.235. The monoisotopic (exact) mass is 363 g/mol. The molecule has 0 spiro atoms. The van der Waals surface area contributed by atoms with E-state index in [-0.39, 0.29) is 23.0 Å². The van der Waals surface area contributed by atoms with Crippen LogP contribution >= 0.6 is 0 Å². The zero-order valence-electron chi connectivity index (χ0n) is 14.1. The Morgan fingerprint density at radius 2 is 1.88 bits per heavy atom. The summed E-state index contributed by atoms with van der Waals surface area (Å²) in [6.07, 6.45) is 2.89. The molecule has 1 saturated heterocycles. The van der Waals surface area contributed by atoms with Gasteiger partial charge in [-0.2, -0.15) is 4.31 Å². The zero-order valence-corrected chi connectivity index (χ0v) is 14.9. The van der Waals surface area contributed by atoms with Crippen LogP contribution in [0.3, 0.4) is 0 Å². The van der Waals surface area contributed by atoms with Gasteiger partial charge in [0.05, 0.1) is 4.90 Å². The Morgan fingerprint density at radius 3 is 2.48 bits per heavy atom. The number of sulfonamides is 1. The first-order valence-corrected chi connectivity index (χ1v) is 9.71. The van der Waals surface area contributed by atoms with Gasteiger partial charge in [0, 0.05) is 25.7 Å². The SMILES string of the molecule is Cc1cc(C(=O)NCc2ccc(S(=O)(=O)N3CCCCC3)cc2)no1. The molecule has 2 heterocycles. The van der Waals surface area contributed by atoms with Crippen molar-refractivity contribution in [2.24, 2.45) is 0 Å². The molecule has 3 rings (SSSR count). The third-order valence-corrected chi connectivity index (χ3v) is 6.10. The Morgan fingerprint density at radius 1 is 1.20 bits per heavy atom. The normalized spacial score (nSPS) is 15.9. The van der Waals surface area contributed by atoms with Gasteiger partial charge in [0.25, 0.3) is 5.91 Å². The number of amides is 1. The number of aryl methyl sites for hydroxylation is 1. The summed E-state index contributed by atoms with van der Waals surface area (Å²) < 4.78 is 31.6. The van der Waals surface area contributed by atoms with Gasteiger partial charge >= 0.3 is 0 Å². The predicted octanol–water partition coefficient (Wildman–Crippen LogP) is 2.09. The highest BCUT2D eigenvalue weighted by molar-refractivity contribution is 7.89. The van der Waals surface area contributed by atoms with E-state index in [2.05, 4.69) is 10.5 Å². The van der Waals surface area contributed by atoms with Crippen molar-refractivity contribution in [1.82, 2.24) is 14.8 Å². The molecule has 1 aliphatic rings. The number of nitrogens with one attached hydrogen (secondary N) is 1. The lowest BCUT2D eigenvalue weighted by atomic mass is 10.2. The molecule has 0 atom stereocenters. The highest BCUT2D eigenvalue weighted by atomic mass is 32.2. The van der Waals surface area contributed by atoms with E-state index in [1.54, 1.807) is 41.6 Å². The molecule has 0 bridgehead atoms. The second-order valence-electron chi connectivity index (χ2n) is 6.11. The molecular weight excluding hydrogens is 342 g/mol. The van der Waals surface area contributed by atoms with Gasteiger partial charge < -0.3 is 9.84 Å². The number of carbonyl (C=O) groups excluding carboxylic acids is 1. The maximum atomic E-state index is 12.6. The summed E-state index contributed by atoms with van der Waals surface area (Å²) in [5.41, 5.74) is 1.04. The van der Waals surface area contributed by atoms with E-state index in [0.29, 0.717) is 18.8 Å². The molecule has 1 aromatic carbocycles. The van der Waals surface area contributed by atoms with Crippen molar-refractivity contribution in [3.8, 4) is 0 Å². The molecule has 1 aliphatic heterocycles. The third-order valence-electron chi connectivity index (χ3n) is 4.19. The largest absolute Gasteiger partial charge is 0.361 e. The van der Waals surface area contributed by atoms with E-state index in [9.17, 15) is 13.2 Å². The summed E-state index contributed by atoms with van der Waals surface area (Å²) in [6, 6.07) is 8.16. The molecule has 2 aromatic rings. The van der Waals surface area contributed by atoms with Gasteiger partial charge in [-0.15, -0.1) is 0 Å². The van der Waals surface area contributed by atoms with Gasteiger partial charge in [0.15, 0.2) is 5.69 Å². The van der Waals surface area contributed by atoms with E-state index < -0.39 is 10.0 Å². The second kappa shape index (κ2) is 7.37. The van der Waals surface area contributed by atoms with Gasteiger partial charge in [-0.25, -0.2) is 8.42 Å². The first kappa shape index (κ1) is 17.6. The number of piperidine rings is 1. The van der Waals surface area contributed by atoms with Gasteiger partial charge in [0.2, 0.25) is 10.0 Å². The second-order valence-corrected chi connectivity index (χ2v) is 8.05. The van der Waals surface area contributed by atoms with Crippen molar-refractivity contribution < 1.29 is 17.7 Å². The van der Waals surface area contributed by atoms with E-state index in [4.69, 9.17) is 4.52 Å². The minimum Gasteiger partial charge on any atom is -0.361 e. The number of aromatic nitrogens is 1. The lowest BCUT2D eigenvalue weighted by Crippen LogP contribution is -2.35. The summed E-state index contributed by atoms with van der Waals surface area (Å²) in [7, 11) is -3.43. The van der Waals surface area contributed by atoms with Crippen molar-refractivity contribution in [1.29, 1.82) is 0 Å². The van der Waals surface area contributed by atoms with Crippen molar-refractivity contribution in [3.63, 3.8) is 0 Å². The highest BCUT2D eigenvalue weighted by Crippen LogP contribution is 2.20. The molecule has 1 amide bonds. The molecular formula is C17H21N3O4S. The summed E-state index contributed by atoms with van der Waals surface area (Å²) in [5, 5.41) is 6.38. The summed E-state index contributed by atoms with van der Waals surface area (Å²) >= 11 is 0. The van der Waals surface area contributed by atoms with Crippen molar-refractivity contribution in [3.05, 3.63) is 47.3 Å². The maximum absolute atomic E-state index is 12.6. The fraction of sp³-hybridized carbons (Fsp3) is 0.412. The molecule has 1 N–H and O–H groups in total. The van der Waals surface area contributed by atoms with Gasteiger partial charge in [-0.3, -0.25) is 4.79 Å². The van der Waals surface area contributed by atoms with E-state index in [1.807, 2.05) is 0 Å². The molecule has 134 valence electrons. The van der Waals surface area contributed by atoms with Crippen LogP contribution in [0.25, 0.3) is 0 Å². The van der Waals surface area contributed by atoms with Crippen molar-refractivity contribution in [2.45, 2.75) is 37.6 Å². The molecule has 0 saturated carbocycles. The van der Waals surface area contributed by atoms with Crippen LogP contribution in [-0.2, 0) is 16.6 Å². The minimum absolute atomic E-state index is 0.224. The molecule has 0 aliphatic carbocycles. The smallest absolute Gasteiger partial charge is 0.273 e. The van der Waals surface area contributed by atoms with Crippen molar-refractivity contribution >= 4 is 15.9 Å². The molecule has 1 fully saturated rings. The molecule has 0 unspecified atom stereocenters. The van der Waals surface area contributed by atoms with Crippen LogP contribution in [0.4, 0.5) is 0 Å². The number of hydrogen-bond donors (Lipinski definition) is 1. The average molecular weight is 363 g/mol. The molecule has 8 heteroatoms. The van der Waals surface area contributed by atoms with E-state index >= 15 is 0 Å². The average Bonchev–Trinajstić information content (AvgIpc) is 3.07. The van der Waals surface area contributed by atoms with Crippen LogP contribution in [0.2, 0.25) is 0 Å². The van der Waals surface area contributed by atoms with Crippen LogP contribution in [-0.4, -0.2) is 36.9 Å². The summed E-state index contributed by atoms with van der Waals surface area (Å²) in [4.78, 5) is 12.2. The Labute approximate surface area is 147 Å². The summed E-state index contributed by atoms with van der Waals surface area (Å²) in [6.45, 7) is 3.16. The van der Waals surface area contributed by atoms with Gasteiger partial charge in [-0.05, 0) is 37.5 Å². The van der Waals surface area contributed by atoms with E-state index in [1.165, 1.54) is 0 Å². The zero-order chi connectivity index (χ0) is 17.9. The fourth-order valence-electron chi connectivity index (χ4n) is 2.78. The van der Waals surface area contributed by atoms with Gasteiger partial charge in [0.1, 0.15) is 5.76 Å². The number of rotatable bonds is 5. The van der Waals surface area contributed by atoms with Crippen LogP contribution in [0.15, 0.2) is 39.8 Å². The first-order chi connectivity index (χ1) is 12.0. The molecule has 25 heavy (non-hydrogen) atoms. The van der Waals surface area contributed by atoms with E-state index in [0.717, 1.165) is 24.8 Å². The lowest BCUT2D eigenvalue weighted by molar-refractivity contribution is 0.0941. The van der Waals surface area contributed by atoms with Crippen molar-refractivity contribution in [2.75, 3.05) is 13.1 Å². The fourth-order valence-corrected chi connectivity index (χ4v) is 4.30. The molecule has 7 nitrogen and oxygen atoms in total. The quantitative estimate of drug-likeness (QED) is 0.878. The molecule has 0 radical (unpaired) electrons. The highest BCUT2D eigenvalue weighted by Gasteiger charge is 2.25. The predicted molar refractivity (Wildman–Crippen MR) is 91.5 cm³/mol. The first-order valence-electron chi connectivity index (χ1n) is 8.27. The number of benzene rings is 1. The topological polar surface area (TPSA) is 92.5 Å². The number of nitrogens with zero attached hydrogens (tertiary/aromatic N) is 2. The van der Waals surface area contributed by atoms with Gasteiger partial charge in [-0.1, -0.05) is 23.7 Å². The minimum atomic E-state index is -3.43. The van der Waals surface area contributed by atoms with Crippen LogP contribution in [0.5, 0.6) is 0 Å². The van der Waals surface area contributed by atoms with Crippen LogP contribution in [0, 0.1) is 6.92 Å². The van der Waals surface area contributed by atoms with Crippen LogP contribution < -0.4 is 5.32 Å². The Balaban J connectivity index is 1.63. The number of carbonyl (C=O) groups is 1. The lowest BCUT2D eigenvalue weighted by Gasteiger charge is -2.25. The molecule has 1 aromatic heterocycles. The Bertz CT molecular complexity index is 837. The maximum Gasteiger partial charge on any atom is 0.273 e. The number of hydrogen-bond acceptors (Lipinski definition) is 5. The third kappa shape index (κ3) is 4.08. The standard InChI is InChI=1S/C17H21N3O4S/c1-13-11-16(19-24-13)17(21)18-12-14-5-7-15(8-6-14)25(22,23)20-9-3-2-4-10-20/h5-8,11H,2-4,9-10,12H2,1H3,(H,18,21). The Hall–Kier alpha value is -2.19.